The van der Waals surface area contributed by atoms with Crippen LogP contribution in [0.25, 0.3) is 0 Å². The zero-order valence-electron chi connectivity index (χ0n) is 4.55. The number of hydrogen-bond acceptors (Lipinski definition) is 4. The van der Waals surface area contributed by atoms with Crippen LogP contribution in [0.4, 0.5) is 0 Å². The number of nitrogens with two attached hydrogens (primary N) is 1. The average Bonchev–Trinajstić information content (AvgIpc) is 1.46. The van der Waals surface area contributed by atoms with E-state index in [0.717, 1.165) is 0 Å². The lowest BCUT2D eigenvalue weighted by molar-refractivity contribution is -0.596. The Morgan fingerprint density at radius 3 is 1.60 bits per heavy atom. The fraction of sp³-hybridized carbons (Fsp3) is 1.00. The van der Waals surface area contributed by atoms with E-state index in [-0.39, 0.29) is 2.85 Å². The lowest BCUT2D eigenvalue weighted by Crippen LogP contribution is -2.19. The summed E-state index contributed by atoms with van der Waals surface area (Å²) < 4.78 is 0. The highest BCUT2D eigenvalue weighted by molar-refractivity contribution is 3.35. The monoisotopic (exact) mass is 81.0 g/mol. The first-order valence-corrected chi connectivity index (χ1v) is 0.836. The van der Waals surface area contributed by atoms with E-state index in [1.807, 2.05) is 0 Å². The molecule has 0 radical (unpaired) electrons. The van der Waals surface area contributed by atoms with Crippen molar-refractivity contribution in [2.75, 3.05) is 6.79 Å². The molecule has 4 heteroatoms. The van der Waals surface area contributed by atoms with Crippen LogP contribution in [0.15, 0.2) is 0 Å². The van der Waals surface area contributed by atoms with Gasteiger partial charge in [0.25, 0.3) is 0 Å². The molecule has 5 heavy (non-hydrogen) atoms. The summed E-state index contributed by atoms with van der Waals surface area (Å²) in [5.74, 6) is 3.50. The van der Waals surface area contributed by atoms with Crippen LogP contribution in [0.3, 0.4) is 0 Å². The van der Waals surface area contributed by atoms with Crippen molar-refractivity contribution in [2.45, 2.75) is 0 Å². The standard InChI is InChI=1S/CH2O2.H3NO/c2-1-3;1-2/h1H2;2H,1H2/q-2;/p+2. The first kappa shape index (κ1) is 8.85. The van der Waals surface area contributed by atoms with Gasteiger partial charge in [0, 0.05) is 0 Å². The van der Waals surface area contributed by atoms with Crippen molar-refractivity contribution in [1.82, 2.24) is 0 Å². The molecule has 0 aromatic rings. The highest BCUT2D eigenvalue weighted by Gasteiger charge is 0.896. The number of hydrogen-bond donors (Lipinski definition) is 2. The Labute approximate surface area is 32.4 Å². The lowest BCUT2D eigenvalue weighted by atomic mass is 11.6. The smallest absolute Gasteiger partial charge is 0.868 e. The third-order valence-electron chi connectivity index (χ3n) is 0. The largest absolute Gasteiger partial charge is 1.00 e. The van der Waals surface area contributed by atoms with Crippen LogP contribution in [0, 0.1) is 0 Å². The van der Waals surface area contributed by atoms with Crippen molar-refractivity contribution in [3.63, 3.8) is 0 Å². The molecule has 34 valence electrons. The second kappa shape index (κ2) is 43.9. The Bertz CT molecular complexity index is 12.9. The Balaban J connectivity index is -0.0000000105. The van der Waals surface area contributed by atoms with Crippen molar-refractivity contribution in [3.8, 4) is 0 Å². The second-order valence-electron chi connectivity index (χ2n) is 0.118. The van der Waals surface area contributed by atoms with Gasteiger partial charge in [0.1, 0.15) is 0 Å². The van der Waals surface area contributed by atoms with Gasteiger partial charge < -0.3 is 15.4 Å². The van der Waals surface area contributed by atoms with Gasteiger partial charge >= 0.3 is 2.85 Å². The molecule has 0 aromatic heterocycles. The van der Waals surface area contributed by atoms with Gasteiger partial charge in [-0.25, -0.2) is 12.7 Å². The fourth-order valence-corrected chi connectivity index (χ4v) is 0. The molecule has 0 saturated heterocycles. The van der Waals surface area contributed by atoms with Gasteiger partial charge in [-0.3, -0.25) is 0 Å². The molecule has 4 nitrogen and oxygen atoms in total. The minimum Gasteiger partial charge on any atom is -0.868 e. The Kier molecular flexibility index (Phi) is 77.7. The molecule has 0 amide bonds. The predicted octanol–water partition coefficient (Wildman–Crippen LogP) is -2.78. The van der Waals surface area contributed by atoms with Crippen LogP contribution in [-0.4, -0.2) is 12.0 Å². The van der Waals surface area contributed by atoms with E-state index in [4.69, 9.17) is 15.4 Å². The Morgan fingerprint density at radius 1 is 1.60 bits per heavy atom. The predicted molar refractivity (Wildman–Crippen MR) is 13.1 cm³/mol. The molecule has 0 aromatic carbocycles. The summed E-state index contributed by atoms with van der Waals surface area (Å²) in [6.45, 7) is -1.25. The van der Waals surface area contributed by atoms with E-state index in [1.165, 1.54) is 0 Å². The van der Waals surface area contributed by atoms with Crippen LogP contribution in [0.2, 0.25) is 0 Å². The van der Waals surface area contributed by atoms with Gasteiger partial charge in [-0.1, -0.05) is 0 Å². The lowest BCUT2D eigenvalue weighted by Gasteiger charge is -2.00. The topological polar surface area (TPSA) is 92.4 Å². The maximum Gasteiger partial charge on any atom is 1.00 e. The van der Waals surface area contributed by atoms with Crippen LogP contribution in [0.1, 0.15) is 2.85 Å². The summed E-state index contributed by atoms with van der Waals surface area (Å²) in [5.41, 5.74) is 0. The highest BCUT2D eigenvalue weighted by Crippen LogP contribution is 0.802. The molecular weight excluding hydrogens is 74.0 g/mol. The second-order valence-corrected chi connectivity index (χ2v) is 0.118. The molecule has 0 atom stereocenters. The van der Waals surface area contributed by atoms with Crippen LogP contribution in [-0.2, 0) is 0 Å². The molecule has 0 aliphatic heterocycles. The zero-order valence-corrected chi connectivity index (χ0v) is 2.55. The van der Waals surface area contributed by atoms with Gasteiger partial charge in [-0.05, 0) is 0 Å². The molecule has 0 spiro atoms. The molecule has 0 fully saturated rings. The number of rotatable bonds is 0. The van der Waals surface area contributed by atoms with Gasteiger partial charge in [-0.15, -0.1) is 0 Å². The summed E-state index contributed by atoms with van der Waals surface area (Å²) in [6, 6.07) is 0. The van der Waals surface area contributed by atoms with Gasteiger partial charge in [0.05, 0.1) is 0 Å². The molecule has 0 aliphatic rings. The average molecular weight is 81.1 g/mol. The quantitative estimate of drug-likeness (QED) is 0.244. The molecule has 3 N–H and O–H groups in total. The maximum absolute atomic E-state index is 8.38. The van der Waals surface area contributed by atoms with Gasteiger partial charge in [-0.2, -0.15) is 0 Å². The summed E-state index contributed by atoms with van der Waals surface area (Å²) in [7, 11) is 0. The summed E-state index contributed by atoms with van der Waals surface area (Å²) >= 11 is 0. The summed E-state index contributed by atoms with van der Waals surface area (Å²) in [5, 5.41) is 23.2. The van der Waals surface area contributed by atoms with Crippen LogP contribution < -0.4 is 16.1 Å². The third kappa shape index (κ3) is 508. The minimum absolute atomic E-state index is 0. The maximum atomic E-state index is 8.38. The van der Waals surface area contributed by atoms with Crippen molar-refractivity contribution >= 4 is 0 Å². The normalized spacial score (nSPS) is 4.80. The third-order valence-corrected chi connectivity index (χ3v) is 0. The molecule has 0 aliphatic carbocycles. The van der Waals surface area contributed by atoms with Gasteiger partial charge in [0.2, 0.25) is 0 Å². The highest BCUT2D eigenvalue weighted by atomic mass is 16.5. The summed E-state index contributed by atoms with van der Waals surface area (Å²) in [6.07, 6.45) is 0. The first-order chi connectivity index (χ1) is 2.41. The van der Waals surface area contributed by atoms with Crippen molar-refractivity contribution in [1.29, 1.82) is 0 Å². The van der Waals surface area contributed by atoms with E-state index in [2.05, 4.69) is 5.90 Å². The molecule has 0 saturated carbocycles. The fourth-order valence-electron chi connectivity index (χ4n) is 0. The molecule has 0 unspecified atom stereocenters. The van der Waals surface area contributed by atoms with E-state index in [9.17, 15) is 0 Å². The zero-order chi connectivity index (χ0) is 4.71. The molecule has 0 rings (SSSR count). The Hall–Kier alpha value is -0.160. The van der Waals surface area contributed by atoms with Gasteiger partial charge in [0.15, 0.2) is 0 Å². The van der Waals surface area contributed by atoms with Crippen molar-refractivity contribution in [2.24, 2.45) is 5.90 Å². The van der Waals surface area contributed by atoms with E-state index >= 15 is 0 Å². The SMILES string of the molecule is NO.[H+].[H+].[O-]C[O-]. The molecular formula is CH7NO3. The van der Waals surface area contributed by atoms with Crippen molar-refractivity contribution in [3.05, 3.63) is 0 Å². The molecule has 0 heterocycles. The van der Waals surface area contributed by atoms with Crippen molar-refractivity contribution < 1.29 is 18.3 Å². The van der Waals surface area contributed by atoms with E-state index < -0.39 is 6.79 Å². The van der Waals surface area contributed by atoms with E-state index in [1.54, 1.807) is 0 Å². The summed E-state index contributed by atoms with van der Waals surface area (Å²) in [4.78, 5) is 0. The van der Waals surface area contributed by atoms with Crippen LogP contribution in [0.5, 0.6) is 0 Å². The minimum atomic E-state index is -1.25. The molecule has 0 bridgehead atoms. The first-order valence-electron chi connectivity index (χ1n) is 0.836. The Morgan fingerprint density at radius 2 is 1.60 bits per heavy atom. The van der Waals surface area contributed by atoms with E-state index in [0.29, 0.717) is 0 Å². The van der Waals surface area contributed by atoms with Crippen LogP contribution >= 0.6 is 0 Å².